The third-order valence-corrected chi connectivity index (χ3v) is 6.13. The van der Waals surface area contributed by atoms with E-state index in [4.69, 9.17) is 10.5 Å². The van der Waals surface area contributed by atoms with Crippen molar-refractivity contribution in [2.24, 2.45) is 10.7 Å². The van der Waals surface area contributed by atoms with Gasteiger partial charge in [0.2, 0.25) is 5.88 Å². The number of anilines is 1. The number of amidine groups is 1. The first-order chi connectivity index (χ1) is 13.9. The number of carbonyl (C=O) groups is 1. The molecule has 2 aliphatic rings. The number of nitrogens with two attached hydrogens (primary N) is 1. The number of aromatic nitrogens is 2. The Labute approximate surface area is 171 Å². The van der Waals surface area contributed by atoms with Gasteiger partial charge in [-0.25, -0.2) is 19.4 Å². The smallest absolute Gasteiger partial charge is 0.275 e. The van der Waals surface area contributed by atoms with Gasteiger partial charge in [0.1, 0.15) is 17.1 Å². The van der Waals surface area contributed by atoms with E-state index in [0.29, 0.717) is 22.3 Å². The zero-order chi connectivity index (χ0) is 20.6. The Balaban J connectivity index is 1.66. The molecule has 0 bridgehead atoms. The van der Waals surface area contributed by atoms with Crippen molar-refractivity contribution < 1.29 is 13.9 Å². The minimum Gasteiger partial charge on any atom is -0.480 e. The fourth-order valence-electron chi connectivity index (χ4n) is 3.71. The predicted octanol–water partition coefficient (Wildman–Crippen LogP) is 3.59. The molecule has 9 heteroatoms. The molecule has 0 unspecified atom stereocenters. The lowest BCUT2D eigenvalue weighted by atomic mass is 9.83. The summed E-state index contributed by atoms with van der Waals surface area (Å²) in [5.41, 5.74) is 7.20. The monoisotopic (exact) mass is 413 g/mol. The highest BCUT2D eigenvalue weighted by Crippen LogP contribution is 2.50. The van der Waals surface area contributed by atoms with Gasteiger partial charge in [0, 0.05) is 11.3 Å². The number of methoxy groups -OCH3 is 1. The van der Waals surface area contributed by atoms with Crippen molar-refractivity contribution in [1.82, 2.24) is 9.97 Å². The zero-order valence-corrected chi connectivity index (χ0v) is 16.8. The number of nitrogens with one attached hydrogen (secondary N) is 1. The molecule has 2 aromatic rings. The van der Waals surface area contributed by atoms with Crippen LogP contribution in [-0.2, 0) is 5.54 Å². The summed E-state index contributed by atoms with van der Waals surface area (Å²) in [7, 11) is 1.47. The summed E-state index contributed by atoms with van der Waals surface area (Å²) in [6.07, 6.45) is 5.47. The van der Waals surface area contributed by atoms with Crippen molar-refractivity contribution >= 4 is 28.5 Å². The largest absolute Gasteiger partial charge is 0.480 e. The molecule has 0 saturated heterocycles. The number of halogens is 1. The van der Waals surface area contributed by atoms with Gasteiger partial charge in [0.25, 0.3) is 5.91 Å². The Morgan fingerprint density at radius 1 is 1.31 bits per heavy atom. The Morgan fingerprint density at radius 3 is 2.86 bits per heavy atom. The summed E-state index contributed by atoms with van der Waals surface area (Å²) >= 11 is 1.46. The van der Waals surface area contributed by atoms with Crippen molar-refractivity contribution in [2.45, 2.75) is 31.7 Å². The Hall–Kier alpha value is -2.94. The zero-order valence-electron chi connectivity index (χ0n) is 16.0. The maximum atomic E-state index is 14.8. The van der Waals surface area contributed by atoms with Crippen molar-refractivity contribution in [1.29, 1.82) is 0 Å². The average Bonchev–Trinajstić information content (AvgIpc) is 3.18. The topological polar surface area (TPSA) is 102 Å². The number of carbonyl (C=O) groups excluding carboxylic acids is 1. The van der Waals surface area contributed by atoms with Gasteiger partial charge < -0.3 is 15.8 Å². The van der Waals surface area contributed by atoms with Crippen LogP contribution in [-0.4, -0.2) is 28.2 Å². The fourth-order valence-corrected chi connectivity index (χ4v) is 4.86. The SMILES string of the molecule is COc1cnc(C(=O)Nc2ccc(F)c([C@@]3(C)N=C(N)SC4=C3CCC4)c2)cn1. The maximum absolute atomic E-state index is 14.8. The number of hydrogen-bond acceptors (Lipinski definition) is 7. The van der Waals surface area contributed by atoms with Crippen molar-refractivity contribution in [2.75, 3.05) is 12.4 Å². The standard InChI is InChI=1S/C20H20FN5O2S/c1-20(12-4-3-5-16(12)29-19(22)26-20)13-8-11(6-7-14(13)21)25-18(27)15-9-24-17(28-2)10-23-15/h6-10H,3-5H2,1-2H3,(H2,22,26)(H,25,27)/t20-/m0/s1. The molecule has 0 spiro atoms. The Bertz CT molecular complexity index is 1040. The van der Waals surface area contributed by atoms with Gasteiger partial charge in [-0.3, -0.25) is 4.79 Å². The predicted molar refractivity (Wildman–Crippen MR) is 110 cm³/mol. The van der Waals surface area contributed by atoms with Crippen LogP contribution in [0.5, 0.6) is 5.88 Å². The van der Waals surface area contributed by atoms with Crippen LogP contribution in [0.4, 0.5) is 10.1 Å². The van der Waals surface area contributed by atoms with Gasteiger partial charge in [-0.1, -0.05) is 11.8 Å². The highest BCUT2D eigenvalue weighted by Gasteiger charge is 2.40. The van der Waals surface area contributed by atoms with E-state index >= 15 is 0 Å². The first-order valence-corrected chi connectivity index (χ1v) is 9.95. The summed E-state index contributed by atoms with van der Waals surface area (Å²) in [5.74, 6) is -0.535. The number of ether oxygens (including phenoxy) is 1. The van der Waals surface area contributed by atoms with E-state index in [1.54, 1.807) is 6.07 Å². The first kappa shape index (κ1) is 19.4. The fraction of sp³-hybridized carbons (Fsp3) is 0.300. The molecular formula is C20H20FN5O2S. The van der Waals surface area contributed by atoms with Crippen LogP contribution in [0.2, 0.25) is 0 Å². The number of thioether (sulfide) groups is 1. The number of hydrogen-bond donors (Lipinski definition) is 2. The maximum Gasteiger partial charge on any atom is 0.275 e. The quantitative estimate of drug-likeness (QED) is 0.794. The van der Waals surface area contributed by atoms with Crippen LogP contribution in [0.15, 0.2) is 46.1 Å². The molecule has 0 fully saturated rings. The Morgan fingerprint density at radius 2 is 2.14 bits per heavy atom. The molecule has 4 rings (SSSR count). The minimum absolute atomic E-state index is 0.125. The lowest BCUT2D eigenvalue weighted by Crippen LogP contribution is -2.30. The summed E-state index contributed by atoms with van der Waals surface area (Å²) in [6.45, 7) is 1.87. The van der Waals surface area contributed by atoms with Gasteiger partial charge >= 0.3 is 0 Å². The molecule has 0 radical (unpaired) electrons. The summed E-state index contributed by atoms with van der Waals surface area (Å²) in [4.78, 5) is 26.3. The van der Waals surface area contributed by atoms with Gasteiger partial charge in [0.05, 0.1) is 19.5 Å². The summed E-state index contributed by atoms with van der Waals surface area (Å²) in [6, 6.07) is 4.45. The van der Waals surface area contributed by atoms with Gasteiger partial charge in [-0.2, -0.15) is 0 Å². The lowest BCUT2D eigenvalue weighted by molar-refractivity contribution is 0.102. The molecule has 1 aliphatic carbocycles. The molecule has 150 valence electrons. The molecule has 29 heavy (non-hydrogen) atoms. The first-order valence-electron chi connectivity index (χ1n) is 9.14. The van der Waals surface area contributed by atoms with Crippen LogP contribution in [0.25, 0.3) is 0 Å². The van der Waals surface area contributed by atoms with Crippen molar-refractivity contribution in [3.63, 3.8) is 0 Å². The van der Waals surface area contributed by atoms with Crippen LogP contribution < -0.4 is 15.8 Å². The minimum atomic E-state index is -0.883. The van der Waals surface area contributed by atoms with Crippen LogP contribution >= 0.6 is 11.8 Å². The van der Waals surface area contributed by atoms with Crippen LogP contribution in [0.1, 0.15) is 42.2 Å². The highest BCUT2D eigenvalue weighted by atomic mass is 32.2. The average molecular weight is 413 g/mol. The highest BCUT2D eigenvalue weighted by molar-refractivity contribution is 8.17. The Kier molecular flexibility index (Phi) is 4.99. The third kappa shape index (κ3) is 3.57. The van der Waals surface area contributed by atoms with Gasteiger partial charge in [-0.05, 0) is 54.9 Å². The molecule has 1 amide bonds. The summed E-state index contributed by atoms with van der Waals surface area (Å²) < 4.78 is 19.8. The molecule has 3 N–H and O–H groups in total. The normalized spacial score (nSPS) is 20.9. The van der Waals surface area contributed by atoms with E-state index in [0.717, 1.165) is 24.8 Å². The molecule has 2 heterocycles. The molecular weight excluding hydrogens is 393 g/mol. The molecule has 1 aromatic heterocycles. The number of nitrogens with zero attached hydrogens (tertiary/aromatic N) is 3. The number of allylic oxidation sites excluding steroid dienone is 1. The second-order valence-corrected chi connectivity index (χ2v) is 8.09. The van der Waals surface area contributed by atoms with Crippen molar-refractivity contribution in [3.8, 4) is 5.88 Å². The summed E-state index contributed by atoms with van der Waals surface area (Å²) in [5, 5.41) is 3.17. The van der Waals surface area contributed by atoms with E-state index in [1.807, 2.05) is 6.92 Å². The number of aliphatic imine (C=N–C) groups is 1. The van der Waals surface area contributed by atoms with E-state index in [1.165, 1.54) is 48.3 Å². The van der Waals surface area contributed by atoms with Crippen LogP contribution in [0.3, 0.4) is 0 Å². The van der Waals surface area contributed by atoms with Crippen molar-refractivity contribution in [3.05, 3.63) is 58.1 Å². The van der Waals surface area contributed by atoms with Gasteiger partial charge in [0.15, 0.2) is 5.17 Å². The molecule has 7 nitrogen and oxygen atoms in total. The molecule has 1 atom stereocenters. The lowest BCUT2D eigenvalue weighted by Gasteiger charge is -2.33. The number of benzene rings is 1. The number of rotatable bonds is 4. The van der Waals surface area contributed by atoms with Gasteiger partial charge in [-0.15, -0.1) is 0 Å². The van der Waals surface area contributed by atoms with Crippen LogP contribution in [0, 0.1) is 5.82 Å². The molecule has 1 aliphatic heterocycles. The molecule has 0 saturated carbocycles. The van der Waals surface area contributed by atoms with E-state index in [2.05, 4.69) is 20.3 Å². The van der Waals surface area contributed by atoms with E-state index in [9.17, 15) is 9.18 Å². The molecule has 1 aromatic carbocycles. The van der Waals surface area contributed by atoms with E-state index in [-0.39, 0.29) is 5.69 Å². The second kappa shape index (κ2) is 7.47. The number of amides is 1. The van der Waals surface area contributed by atoms with E-state index < -0.39 is 17.3 Å². The third-order valence-electron chi connectivity index (χ3n) is 5.14. The second-order valence-electron chi connectivity index (χ2n) is 6.97.